The fraction of sp³-hybridized carbons (Fsp3) is 0.278. The molecule has 1 heterocycles. The lowest BCUT2D eigenvalue weighted by Crippen LogP contribution is -2.52. The summed E-state index contributed by atoms with van der Waals surface area (Å²) in [7, 11) is 0. The van der Waals surface area contributed by atoms with Crippen LogP contribution in [0.5, 0.6) is 0 Å². The summed E-state index contributed by atoms with van der Waals surface area (Å²) < 4.78 is 0. The zero-order valence-corrected chi connectivity index (χ0v) is 12.5. The van der Waals surface area contributed by atoms with Gasteiger partial charge in [0.15, 0.2) is 5.72 Å². The lowest BCUT2D eigenvalue weighted by molar-refractivity contribution is -0.0553. The minimum absolute atomic E-state index is 0.158. The van der Waals surface area contributed by atoms with Crippen LogP contribution in [0.2, 0.25) is 0 Å². The Morgan fingerprint density at radius 1 is 0.952 bits per heavy atom. The fourth-order valence-corrected chi connectivity index (χ4v) is 2.98. The van der Waals surface area contributed by atoms with Gasteiger partial charge in [-0.2, -0.15) is 0 Å². The standard InChI is InChI=1S/C18H19NO2/c1-17(2,3)18(21)15-12-8-7-11-14(15)16(20)19(18)13-9-5-4-6-10-13/h4-12,21H,1-3H3. The highest BCUT2D eigenvalue weighted by atomic mass is 16.3. The van der Waals surface area contributed by atoms with Crippen molar-refractivity contribution in [1.82, 2.24) is 0 Å². The van der Waals surface area contributed by atoms with Crippen LogP contribution < -0.4 is 4.90 Å². The summed E-state index contributed by atoms with van der Waals surface area (Å²) in [4.78, 5) is 14.3. The third-order valence-electron chi connectivity index (χ3n) is 4.12. The van der Waals surface area contributed by atoms with Crippen molar-refractivity contribution in [1.29, 1.82) is 0 Å². The molecule has 1 unspecified atom stereocenters. The van der Waals surface area contributed by atoms with Gasteiger partial charge in [0, 0.05) is 22.2 Å². The average molecular weight is 281 g/mol. The second-order valence-electron chi connectivity index (χ2n) is 6.44. The Morgan fingerprint density at radius 2 is 1.52 bits per heavy atom. The number of fused-ring (bicyclic) bond motifs is 1. The van der Waals surface area contributed by atoms with Gasteiger partial charge in [-0.05, 0) is 18.2 Å². The van der Waals surface area contributed by atoms with E-state index in [1.54, 1.807) is 6.07 Å². The number of anilines is 1. The lowest BCUT2D eigenvalue weighted by atomic mass is 9.78. The van der Waals surface area contributed by atoms with Gasteiger partial charge in [-0.3, -0.25) is 9.69 Å². The van der Waals surface area contributed by atoms with Crippen LogP contribution >= 0.6 is 0 Å². The Balaban J connectivity index is 2.28. The van der Waals surface area contributed by atoms with E-state index in [1.165, 1.54) is 4.90 Å². The average Bonchev–Trinajstić information content (AvgIpc) is 2.70. The minimum Gasteiger partial charge on any atom is -0.366 e. The van der Waals surface area contributed by atoms with E-state index in [1.807, 2.05) is 69.3 Å². The molecule has 3 heteroatoms. The van der Waals surface area contributed by atoms with Crippen LogP contribution in [0.3, 0.4) is 0 Å². The summed E-state index contributed by atoms with van der Waals surface area (Å²) in [5.74, 6) is -0.158. The smallest absolute Gasteiger partial charge is 0.261 e. The van der Waals surface area contributed by atoms with E-state index in [-0.39, 0.29) is 5.91 Å². The van der Waals surface area contributed by atoms with E-state index in [0.717, 1.165) is 0 Å². The lowest BCUT2D eigenvalue weighted by Gasteiger charge is -2.44. The maximum Gasteiger partial charge on any atom is 0.261 e. The molecule has 21 heavy (non-hydrogen) atoms. The van der Waals surface area contributed by atoms with Gasteiger partial charge in [-0.25, -0.2) is 0 Å². The summed E-state index contributed by atoms with van der Waals surface area (Å²) in [6.07, 6.45) is 0. The zero-order chi connectivity index (χ0) is 15.3. The van der Waals surface area contributed by atoms with E-state index in [2.05, 4.69) is 0 Å². The number of hydrogen-bond acceptors (Lipinski definition) is 2. The van der Waals surface area contributed by atoms with Crippen molar-refractivity contribution in [3.63, 3.8) is 0 Å². The van der Waals surface area contributed by atoms with Crippen LogP contribution in [0, 0.1) is 5.41 Å². The monoisotopic (exact) mass is 281 g/mol. The quantitative estimate of drug-likeness (QED) is 0.868. The summed E-state index contributed by atoms with van der Waals surface area (Å²) in [6.45, 7) is 5.83. The topological polar surface area (TPSA) is 40.5 Å². The molecule has 1 aliphatic heterocycles. The van der Waals surface area contributed by atoms with Crippen LogP contribution in [0.15, 0.2) is 54.6 Å². The van der Waals surface area contributed by atoms with Gasteiger partial charge < -0.3 is 5.11 Å². The Hall–Kier alpha value is -2.13. The van der Waals surface area contributed by atoms with Crippen LogP contribution in [0.25, 0.3) is 0 Å². The molecule has 2 aromatic carbocycles. The molecule has 0 bridgehead atoms. The molecule has 3 nitrogen and oxygen atoms in total. The first-order valence-corrected chi connectivity index (χ1v) is 7.09. The molecule has 1 atom stereocenters. The summed E-state index contributed by atoms with van der Waals surface area (Å²) >= 11 is 0. The number of rotatable bonds is 1. The van der Waals surface area contributed by atoms with E-state index in [0.29, 0.717) is 16.8 Å². The van der Waals surface area contributed by atoms with Crippen molar-refractivity contribution in [2.75, 3.05) is 4.90 Å². The Kier molecular flexibility index (Phi) is 2.92. The number of hydrogen-bond donors (Lipinski definition) is 1. The van der Waals surface area contributed by atoms with Crippen molar-refractivity contribution >= 4 is 11.6 Å². The first-order chi connectivity index (χ1) is 9.87. The van der Waals surface area contributed by atoms with Crippen molar-refractivity contribution in [2.24, 2.45) is 5.41 Å². The van der Waals surface area contributed by atoms with Crippen LogP contribution in [0.1, 0.15) is 36.7 Å². The first kappa shape index (κ1) is 13.8. The molecule has 0 fully saturated rings. The Bertz CT molecular complexity index is 688. The second-order valence-corrected chi connectivity index (χ2v) is 6.44. The van der Waals surface area contributed by atoms with Gasteiger partial charge in [0.2, 0.25) is 0 Å². The van der Waals surface area contributed by atoms with E-state index in [4.69, 9.17) is 0 Å². The highest BCUT2D eigenvalue weighted by Crippen LogP contribution is 2.50. The summed E-state index contributed by atoms with van der Waals surface area (Å²) in [5.41, 5.74) is 0.0638. The molecule has 0 saturated carbocycles. The number of aliphatic hydroxyl groups is 1. The minimum atomic E-state index is -1.36. The molecule has 108 valence electrons. The molecule has 0 spiro atoms. The number of benzene rings is 2. The molecule has 0 aromatic heterocycles. The Morgan fingerprint density at radius 3 is 2.14 bits per heavy atom. The molecule has 1 N–H and O–H groups in total. The molecule has 2 aromatic rings. The van der Waals surface area contributed by atoms with Crippen LogP contribution in [-0.2, 0) is 5.72 Å². The molecule has 0 radical (unpaired) electrons. The normalized spacial score (nSPS) is 21.5. The number of para-hydroxylation sites is 1. The molecule has 1 amide bonds. The zero-order valence-electron chi connectivity index (χ0n) is 12.5. The maximum atomic E-state index is 12.8. The van der Waals surface area contributed by atoms with Crippen LogP contribution in [-0.4, -0.2) is 11.0 Å². The number of carbonyl (C=O) groups excluding carboxylic acids is 1. The predicted molar refractivity (Wildman–Crippen MR) is 83.0 cm³/mol. The van der Waals surface area contributed by atoms with Crippen molar-refractivity contribution in [3.8, 4) is 0 Å². The molecular weight excluding hydrogens is 262 g/mol. The SMILES string of the molecule is CC(C)(C)C1(O)c2ccccc2C(=O)N1c1ccccc1. The van der Waals surface area contributed by atoms with Crippen LogP contribution in [0.4, 0.5) is 5.69 Å². The van der Waals surface area contributed by atoms with Gasteiger partial charge in [0.25, 0.3) is 5.91 Å². The van der Waals surface area contributed by atoms with E-state index < -0.39 is 11.1 Å². The van der Waals surface area contributed by atoms with E-state index in [9.17, 15) is 9.90 Å². The van der Waals surface area contributed by atoms with Crippen molar-refractivity contribution in [2.45, 2.75) is 26.5 Å². The van der Waals surface area contributed by atoms with Gasteiger partial charge in [0.1, 0.15) is 0 Å². The Labute approximate surface area is 124 Å². The predicted octanol–water partition coefficient (Wildman–Crippen LogP) is 3.54. The molecule has 0 aliphatic carbocycles. The molecule has 3 rings (SSSR count). The highest BCUT2D eigenvalue weighted by Gasteiger charge is 2.55. The maximum absolute atomic E-state index is 12.8. The highest BCUT2D eigenvalue weighted by molar-refractivity contribution is 6.11. The second kappa shape index (κ2) is 4.43. The third kappa shape index (κ3) is 1.81. The van der Waals surface area contributed by atoms with Crippen molar-refractivity contribution < 1.29 is 9.90 Å². The van der Waals surface area contributed by atoms with E-state index >= 15 is 0 Å². The van der Waals surface area contributed by atoms with Crippen molar-refractivity contribution in [3.05, 3.63) is 65.7 Å². The largest absolute Gasteiger partial charge is 0.366 e. The van der Waals surface area contributed by atoms with Gasteiger partial charge >= 0.3 is 0 Å². The number of amides is 1. The first-order valence-electron chi connectivity index (χ1n) is 7.09. The van der Waals surface area contributed by atoms with Gasteiger partial charge in [0.05, 0.1) is 0 Å². The summed E-state index contributed by atoms with van der Waals surface area (Å²) in [5, 5.41) is 11.5. The fourth-order valence-electron chi connectivity index (χ4n) is 2.98. The summed E-state index contributed by atoms with van der Waals surface area (Å²) in [6, 6.07) is 16.6. The van der Waals surface area contributed by atoms with Gasteiger partial charge in [-0.15, -0.1) is 0 Å². The number of carbonyl (C=O) groups is 1. The molecular formula is C18H19NO2. The molecule has 0 saturated heterocycles. The molecule has 1 aliphatic rings. The van der Waals surface area contributed by atoms with Gasteiger partial charge in [-0.1, -0.05) is 57.2 Å². The third-order valence-corrected chi connectivity index (χ3v) is 4.12. The number of nitrogens with zero attached hydrogens (tertiary/aromatic N) is 1.